The molecule has 0 aromatic heterocycles. The molecule has 0 atom stereocenters. The average molecular weight is 381 g/mol. The minimum absolute atomic E-state index is 0.129. The molecule has 0 heterocycles. The average Bonchev–Trinajstić information content (AvgIpc) is 2.66. The maximum absolute atomic E-state index is 13.1. The van der Waals surface area contributed by atoms with Gasteiger partial charge in [0.1, 0.15) is 0 Å². The summed E-state index contributed by atoms with van der Waals surface area (Å²) in [6, 6.07) is 9.05. The highest BCUT2D eigenvalue weighted by atomic mass is 19.4. The molecule has 5 nitrogen and oxygen atoms in total. The number of halogens is 3. The Bertz CT molecular complexity index is 834. The van der Waals surface area contributed by atoms with Crippen LogP contribution in [0.5, 0.6) is 0 Å². The SMILES string of the molecule is COCCNC(=O)c1cc(C(F)(F)F)ccc1-c1ccccc1C(=O)OC. The summed E-state index contributed by atoms with van der Waals surface area (Å²) < 4.78 is 48.9. The molecule has 0 bridgehead atoms. The fourth-order valence-electron chi connectivity index (χ4n) is 2.51. The minimum atomic E-state index is -4.61. The fourth-order valence-corrected chi connectivity index (χ4v) is 2.51. The first-order valence-corrected chi connectivity index (χ1v) is 7.95. The lowest BCUT2D eigenvalue weighted by atomic mass is 9.93. The van der Waals surface area contributed by atoms with Gasteiger partial charge >= 0.3 is 12.1 Å². The second-order valence-electron chi connectivity index (χ2n) is 5.54. The Kier molecular flexibility index (Phi) is 6.57. The molecule has 144 valence electrons. The Labute approximate surface area is 154 Å². The first-order chi connectivity index (χ1) is 12.8. The maximum Gasteiger partial charge on any atom is 0.416 e. The van der Waals surface area contributed by atoms with Crippen LogP contribution in [0.25, 0.3) is 11.1 Å². The van der Waals surface area contributed by atoms with E-state index >= 15 is 0 Å². The first-order valence-electron chi connectivity index (χ1n) is 7.95. The van der Waals surface area contributed by atoms with Crippen LogP contribution in [0.1, 0.15) is 26.3 Å². The summed E-state index contributed by atoms with van der Waals surface area (Å²) in [5.41, 5.74) is -0.518. The highest BCUT2D eigenvalue weighted by Crippen LogP contribution is 2.34. The van der Waals surface area contributed by atoms with Crippen molar-refractivity contribution in [1.82, 2.24) is 5.32 Å². The van der Waals surface area contributed by atoms with Crippen molar-refractivity contribution in [2.45, 2.75) is 6.18 Å². The number of alkyl halides is 3. The van der Waals surface area contributed by atoms with Gasteiger partial charge in [0.15, 0.2) is 0 Å². The molecule has 0 aliphatic rings. The van der Waals surface area contributed by atoms with E-state index in [1.165, 1.54) is 26.4 Å². The van der Waals surface area contributed by atoms with Crippen LogP contribution in [0.4, 0.5) is 13.2 Å². The van der Waals surface area contributed by atoms with E-state index in [9.17, 15) is 22.8 Å². The van der Waals surface area contributed by atoms with Crippen LogP contribution >= 0.6 is 0 Å². The number of amides is 1. The molecule has 0 aliphatic carbocycles. The second-order valence-corrected chi connectivity index (χ2v) is 5.54. The molecule has 8 heteroatoms. The zero-order valence-corrected chi connectivity index (χ0v) is 14.7. The van der Waals surface area contributed by atoms with Crippen LogP contribution in [-0.4, -0.2) is 39.2 Å². The van der Waals surface area contributed by atoms with Gasteiger partial charge in [-0.25, -0.2) is 4.79 Å². The molecular weight excluding hydrogens is 363 g/mol. The van der Waals surface area contributed by atoms with Crippen molar-refractivity contribution in [1.29, 1.82) is 0 Å². The first kappa shape index (κ1) is 20.4. The molecule has 2 rings (SSSR count). The summed E-state index contributed by atoms with van der Waals surface area (Å²) in [5.74, 6) is -1.36. The molecule has 1 N–H and O–H groups in total. The lowest BCUT2D eigenvalue weighted by molar-refractivity contribution is -0.137. The van der Waals surface area contributed by atoms with E-state index in [1.807, 2.05) is 0 Å². The number of carbonyl (C=O) groups is 2. The smallest absolute Gasteiger partial charge is 0.416 e. The second kappa shape index (κ2) is 8.68. The topological polar surface area (TPSA) is 64.6 Å². The predicted octanol–water partition coefficient (Wildman–Crippen LogP) is 3.54. The summed E-state index contributed by atoms with van der Waals surface area (Å²) in [7, 11) is 2.64. The van der Waals surface area contributed by atoms with Gasteiger partial charge in [0.25, 0.3) is 5.91 Å². The van der Waals surface area contributed by atoms with E-state index in [4.69, 9.17) is 9.47 Å². The zero-order valence-electron chi connectivity index (χ0n) is 14.7. The predicted molar refractivity (Wildman–Crippen MR) is 92.4 cm³/mol. The largest absolute Gasteiger partial charge is 0.465 e. The number of hydrogen-bond donors (Lipinski definition) is 1. The number of methoxy groups -OCH3 is 2. The van der Waals surface area contributed by atoms with E-state index in [0.717, 1.165) is 12.1 Å². The van der Waals surface area contributed by atoms with Crippen molar-refractivity contribution >= 4 is 11.9 Å². The standard InChI is InChI=1S/C19H18F3NO4/c1-26-10-9-23-17(24)16-11-12(19(20,21)22)7-8-14(16)13-5-3-4-6-15(13)18(25)27-2/h3-8,11H,9-10H2,1-2H3,(H,23,24). The lowest BCUT2D eigenvalue weighted by Gasteiger charge is -2.15. The Morgan fingerprint density at radius 1 is 1.00 bits per heavy atom. The Hall–Kier alpha value is -2.87. The van der Waals surface area contributed by atoms with Gasteiger partial charge in [0, 0.05) is 19.2 Å². The van der Waals surface area contributed by atoms with Gasteiger partial charge in [-0.1, -0.05) is 24.3 Å². The van der Waals surface area contributed by atoms with Crippen molar-refractivity contribution in [3.05, 3.63) is 59.2 Å². The summed E-state index contributed by atoms with van der Waals surface area (Å²) in [6.45, 7) is 0.336. The van der Waals surface area contributed by atoms with Crippen molar-refractivity contribution < 1.29 is 32.2 Å². The van der Waals surface area contributed by atoms with Gasteiger partial charge in [-0.15, -0.1) is 0 Å². The van der Waals surface area contributed by atoms with Gasteiger partial charge in [0.2, 0.25) is 0 Å². The highest BCUT2D eigenvalue weighted by Gasteiger charge is 2.32. The minimum Gasteiger partial charge on any atom is -0.465 e. The molecule has 0 aliphatic heterocycles. The van der Waals surface area contributed by atoms with Crippen molar-refractivity contribution in [3.8, 4) is 11.1 Å². The normalized spacial score (nSPS) is 11.1. The summed E-state index contributed by atoms with van der Waals surface area (Å²) in [5, 5.41) is 2.50. The summed E-state index contributed by atoms with van der Waals surface area (Å²) >= 11 is 0. The highest BCUT2D eigenvalue weighted by molar-refractivity contribution is 6.05. The molecular formula is C19H18F3NO4. The zero-order chi connectivity index (χ0) is 20.0. The number of benzene rings is 2. The number of nitrogens with one attached hydrogen (secondary N) is 1. The molecule has 0 saturated heterocycles. The van der Waals surface area contributed by atoms with Crippen molar-refractivity contribution in [2.24, 2.45) is 0 Å². The van der Waals surface area contributed by atoms with Gasteiger partial charge in [-0.05, 0) is 29.3 Å². The monoisotopic (exact) mass is 381 g/mol. The van der Waals surface area contributed by atoms with E-state index in [2.05, 4.69) is 5.32 Å². The number of esters is 1. The van der Waals surface area contributed by atoms with Crippen LogP contribution in [0.2, 0.25) is 0 Å². The number of hydrogen-bond acceptors (Lipinski definition) is 4. The molecule has 0 radical (unpaired) electrons. The number of carbonyl (C=O) groups excluding carboxylic acids is 2. The molecule has 1 amide bonds. The molecule has 2 aromatic rings. The van der Waals surface area contributed by atoms with Crippen LogP contribution < -0.4 is 5.32 Å². The quantitative estimate of drug-likeness (QED) is 0.614. The van der Waals surface area contributed by atoms with Crippen LogP contribution in [0, 0.1) is 0 Å². The van der Waals surface area contributed by atoms with Gasteiger partial charge in [0.05, 0.1) is 24.8 Å². The van der Waals surface area contributed by atoms with Gasteiger partial charge in [-0.3, -0.25) is 4.79 Å². The number of rotatable bonds is 6. The van der Waals surface area contributed by atoms with Crippen molar-refractivity contribution in [3.63, 3.8) is 0 Å². The van der Waals surface area contributed by atoms with E-state index in [1.54, 1.807) is 18.2 Å². The van der Waals surface area contributed by atoms with Gasteiger partial charge < -0.3 is 14.8 Å². The number of ether oxygens (including phenoxy) is 2. The van der Waals surface area contributed by atoms with Crippen LogP contribution in [0.3, 0.4) is 0 Å². The molecule has 0 saturated carbocycles. The van der Waals surface area contributed by atoms with E-state index < -0.39 is 23.6 Å². The van der Waals surface area contributed by atoms with Crippen LogP contribution in [0.15, 0.2) is 42.5 Å². The summed E-state index contributed by atoms with van der Waals surface area (Å²) in [6.07, 6.45) is -4.61. The Balaban J connectivity index is 2.59. The summed E-state index contributed by atoms with van der Waals surface area (Å²) in [4.78, 5) is 24.5. The molecule has 0 spiro atoms. The third-order valence-corrected chi connectivity index (χ3v) is 3.81. The molecule has 0 fully saturated rings. The lowest BCUT2D eigenvalue weighted by Crippen LogP contribution is -2.28. The molecule has 0 unspecified atom stereocenters. The Morgan fingerprint density at radius 2 is 1.67 bits per heavy atom. The maximum atomic E-state index is 13.1. The molecule has 2 aromatic carbocycles. The van der Waals surface area contributed by atoms with E-state index in [-0.39, 0.29) is 29.8 Å². The van der Waals surface area contributed by atoms with E-state index in [0.29, 0.717) is 5.56 Å². The van der Waals surface area contributed by atoms with Crippen LogP contribution in [-0.2, 0) is 15.7 Å². The molecule has 27 heavy (non-hydrogen) atoms. The van der Waals surface area contributed by atoms with Gasteiger partial charge in [-0.2, -0.15) is 13.2 Å². The van der Waals surface area contributed by atoms with Crippen molar-refractivity contribution in [2.75, 3.05) is 27.4 Å². The third-order valence-electron chi connectivity index (χ3n) is 3.81. The Morgan fingerprint density at radius 3 is 2.30 bits per heavy atom. The fraction of sp³-hybridized carbons (Fsp3) is 0.263. The third kappa shape index (κ3) is 4.85.